The van der Waals surface area contributed by atoms with Gasteiger partial charge in [0.05, 0.1) is 13.7 Å². The zero-order valence-corrected chi connectivity index (χ0v) is 23.7. The number of hydrogen-bond donors (Lipinski definition) is 3. The van der Waals surface area contributed by atoms with E-state index in [2.05, 4.69) is 26.8 Å². The second-order valence-corrected chi connectivity index (χ2v) is 10.1. The Morgan fingerprint density at radius 2 is 1.90 bits per heavy atom. The van der Waals surface area contributed by atoms with Crippen molar-refractivity contribution in [2.45, 2.75) is 37.8 Å². The van der Waals surface area contributed by atoms with Gasteiger partial charge in [-0.25, -0.2) is 10.4 Å². The van der Waals surface area contributed by atoms with Gasteiger partial charge in [-0.05, 0) is 60.0 Å². The molecule has 39 heavy (non-hydrogen) atoms. The quantitative estimate of drug-likeness (QED) is 0.195. The zero-order valence-electron chi connectivity index (χ0n) is 22.2. The molecular formula is C30H34BrN3O5. The molecule has 0 saturated heterocycles. The average Bonchev–Trinajstić information content (AvgIpc) is 3.35. The topological polar surface area (TPSA) is 101 Å². The monoisotopic (exact) mass is 595 g/mol. The highest BCUT2D eigenvalue weighted by Crippen LogP contribution is 2.44. The Morgan fingerprint density at radius 3 is 2.62 bits per heavy atom. The molecule has 0 unspecified atom stereocenters. The predicted molar refractivity (Wildman–Crippen MR) is 154 cm³/mol. The second-order valence-electron chi connectivity index (χ2n) is 9.21. The van der Waals surface area contributed by atoms with E-state index in [0.29, 0.717) is 43.4 Å². The molecule has 3 aromatic rings. The summed E-state index contributed by atoms with van der Waals surface area (Å²) < 4.78 is 18.6. The summed E-state index contributed by atoms with van der Waals surface area (Å²) in [5.41, 5.74) is 7.01. The van der Waals surface area contributed by atoms with Crippen LogP contribution in [0.3, 0.4) is 0 Å². The van der Waals surface area contributed by atoms with Gasteiger partial charge in [-0.15, -0.1) is 0 Å². The summed E-state index contributed by atoms with van der Waals surface area (Å²) in [5.74, 6) is 1.41. The van der Waals surface area contributed by atoms with Crippen molar-refractivity contribution in [3.05, 3.63) is 94.0 Å². The van der Waals surface area contributed by atoms with Crippen molar-refractivity contribution < 1.29 is 24.1 Å². The van der Waals surface area contributed by atoms with Crippen molar-refractivity contribution in [3.63, 3.8) is 0 Å². The fraction of sp³-hybridized carbons (Fsp3) is 0.333. The minimum Gasteiger partial charge on any atom is -0.497 e. The SMILES string of the molecule is CCCNNC(=O)[C@@]1(Cc2ccccc2Br)N=C(c2ccc(OCCCO)cc2)O[C@H]1c1cccc(OC)c1. The van der Waals surface area contributed by atoms with E-state index >= 15 is 0 Å². The molecule has 0 saturated carbocycles. The van der Waals surface area contributed by atoms with Crippen LogP contribution in [0.25, 0.3) is 0 Å². The number of hydrogen-bond acceptors (Lipinski definition) is 7. The van der Waals surface area contributed by atoms with Gasteiger partial charge in [-0.1, -0.05) is 53.2 Å². The van der Waals surface area contributed by atoms with Crippen LogP contribution in [-0.4, -0.2) is 49.3 Å². The number of aliphatic hydroxyl groups is 1. The first kappa shape index (κ1) is 28.6. The molecule has 206 valence electrons. The van der Waals surface area contributed by atoms with Gasteiger partial charge in [0.1, 0.15) is 11.5 Å². The number of aliphatic imine (C=N–C) groups is 1. The molecule has 0 fully saturated rings. The predicted octanol–water partition coefficient (Wildman–Crippen LogP) is 4.75. The molecule has 3 N–H and O–H groups in total. The van der Waals surface area contributed by atoms with E-state index in [4.69, 9.17) is 24.3 Å². The molecule has 2 atom stereocenters. The lowest BCUT2D eigenvalue weighted by Gasteiger charge is -2.31. The molecule has 3 aromatic carbocycles. The van der Waals surface area contributed by atoms with Gasteiger partial charge in [0, 0.05) is 36.0 Å². The summed E-state index contributed by atoms with van der Waals surface area (Å²) in [6.07, 6.45) is 0.980. The van der Waals surface area contributed by atoms with Crippen LogP contribution in [0, 0.1) is 0 Å². The van der Waals surface area contributed by atoms with Gasteiger partial charge in [0.2, 0.25) is 5.90 Å². The van der Waals surface area contributed by atoms with Crippen molar-refractivity contribution >= 4 is 27.7 Å². The van der Waals surface area contributed by atoms with Gasteiger partial charge >= 0.3 is 0 Å². The number of hydrazine groups is 1. The summed E-state index contributed by atoms with van der Waals surface area (Å²) >= 11 is 3.65. The van der Waals surface area contributed by atoms with Crippen LogP contribution in [0.5, 0.6) is 11.5 Å². The molecule has 1 aliphatic heterocycles. The van der Waals surface area contributed by atoms with Crippen molar-refractivity contribution in [2.24, 2.45) is 4.99 Å². The van der Waals surface area contributed by atoms with Gasteiger partial charge < -0.3 is 19.3 Å². The van der Waals surface area contributed by atoms with E-state index < -0.39 is 11.6 Å². The first-order valence-corrected chi connectivity index (χ1v) is 13.8. The molecular weight excluding hydrogens is 562 g/mol. The molecule has 0 spiro atoms. The second kappa shape index (κ2) is 13.6. The standard InChI is InChI=1S/C30H34BrN3O5/c1-3-16-32-34-29(36)30(20-23-8-4-5-11-26(23)31)27(22-9-6-10-25(19-22)37-2)39-28(33-30)21-12-14-24(15-13-21)38-18-7-17-35/h4-6,8-15,19,27,32,35H,3,7,16-18,20H2,1-2H3,(H,34,36)/t27-,30-/m0/s1. The van der Waals surface area contributed by atoms with Crippen molar-refractivity contribution in [3.8, 4) is 11.5 Å². The molecule has 1 aliphatic rings. The fourth-order valence-corrected chi connectivity index (χ4v) is 4.82. The number of rotatable bonds is 13. The number of aliphatic hydroxyl groups excluding tert-OH is 1. The van der Waals surface area contributed by atoms with Crippen LogP contribution in [0.15, 0.2) is 82.3 Å². The largest absolute Gasteiger partial charge is 0.497 e. The molecule has 8 nitrogen and oxygen atoms in total. The number of amides is 1. The van der Waals surface area contributed by atoms with E-state index in [1.54, 1.807) is 7.11 Å². The fourth-order valence-electron chi connectivity index (χ4n) is 4.40. The van der Waals surface area contributed by atoms with Crippen molar-refractivity contribution in [1.29, 1.82) is 0 Å². The molecule has 0 radical (unpaired) electrons. The summed E-state index contributed by atoms with van der Waals surface area (Å²) in [6.45, 7) is 3.14. The zero-order chi connectivity index (χ0) is 27.7. The average molecular weight is 597 g/mol. The number of methoxy groups -OCH3 is 1. The Labute approximate surface area is 237 Å². The Bertz CT molecular complexity index is 1280. The normalized spacial score (nSPS) is 18.3. The van der Waals surface area contributed by atoms with Crippen molar-refractivity contribution in [2.75, 3.05) is 26.9 Å². The highest BCUT2D eigenvalue weighted by atomic mass is 79.9. The third kappa shape index (κ3) is 6.79. The minimum atomic E-state index is -1.32. The van der Waals surface area contributed by atoms with Crippen molar-refractivity contribution in [1.82, 2.24) is 10.9 Å². The highest BCUT2D eigenvalue weighted by molar-refractivity contribution is 9.10. The van der Waals surface area contributed by atoms with E-state index in [0.717, 1.165) is 27.6 Å². The van der Waals surface area contributed by atoms with Gasteiger partial charge in [-0.2, -0.15) is 0 Å². The van der Waals surface area contributed by atoms with Gasteiger partial charge in [0.25, 0.3) is 5.91 Å². The molecule has 9 heteroatoms. The number of carbonyl (C=O) groups is 1. The Morgan fingerprint density at radius 1 is 1.10 bits per heavy atom. The molecule has 1 amide bonds. The van der Waals surface area contributed by atoms with Crippen LogP contribution in [0.2, 0.25) is 0 Å². The number of ether oxygens (including phenoxy) is 3. The van der Waals surface area contributed by atoms with E-state index in [1.807, 2.05) is 79.7 Å². The van der Waals surface area contributed by atoms with Gasteiger partial charge in [-0.3, -0.25) is 10.2 Å². The minimum absolute atomic E-state index is 0.0726. The van der Waals surface area contributed by atoms with E-state index in [1.165, 1.54) is 0 Å². The molecule has 0 aliphatic carbocycles. The summed E-state index contributed by atoms with van der Waals surface area (Å²) in [4.78, 5) is 19.1. The molecule has 0 aromatic heterocycles. The maximum Gasteiger partial charge on any atom is 0.266 e. The van der Waals surface area contributed by atoms with Crippen LogP contribution in [0.1, 0.15) is 42.6 Å². The molecule has 1 heterocycles. The number of nitrogens with zero attached hydrogens (tertiary/aromatic N) is 1. The lowest BCUT2D eigenvalue weighted by molar-refractivity contribution is -0.130. The lowest BCUT2D eigenvalue weighted by Crippen LogP contribution is -2.54. The first-order chi connectivity index (χ1) is 19.0. The smallest absolute Gasteiger partial charge is 0.266 e. The number of nitrogens with one attached hydrogen (secondary N) is 2. The Hall–Kier alpha value is -3.40. The maximum absolute atomic E-state index is 14.0. The van der Waals surface area contributed by atoms with Crippen LogP contribution >= 0.6 is 15.9 Å². The third-order valence-corrected chi connectivity index (χ3v) is 7.19. The van der Waals surface area contributed by atoms with Gasteiger partial charge in [0.15, 0.2) is 11.6 Å². The van der Waals surface area contributed by atoms with Crippen LogP contribution < -0.4 is 20.3 Å². The Balaban J connectivity index is 1.78. The Kier molecular flexibility index (Phi) is 9.97. The van der Waals surface area contributed by atoms with Crippen LogP contribution in [0.4, 0.5) is 0 Å². The third-order valence-electron chi connectivity index (χ3n) is 6.42. The molecule has 0 bridgehead atoms. The van der Waals surface area contributed by atoms with Crippen LogP contribution in [-0.2, 0) is 16.0 Å². The molecule has 4 rings (SSSR count). The number of halogens is 1. The summed E-state index contributed by atoms with van der Waals surface area (Å²) in [7, 11) is 1.61. The lowest BCUT2D eigenvalue weighted by atomic mass is 9.82. The summed E-state index contributed by atoms with van der Waals surface area (Å²) in [5, 5.41) is 9.01. The number of carbonyl (C=O) groups excluding carboxylic acids is 1. The van der Waals surface area contributed by atoms with E-state index in [9.17, 15) is 4.79 Å². The van der Waals surface area contributed by atoms with E-state index in [-0.39, 0.29) is 12.5 Å². The summed E-state index contributed by atoms with van der Waals surface area (Å²) in [6, 6.07) is 22.7. The number of benzene rings is 3. The maximum atomic E-state index is 14.0. The highest BCUT2D eigenvalue weighted by Gasteiger charge is 2.53. The first-order valence-electron chi connectivity index (χ1n) is 13.0.